The van der Waals surface area contributed by atoms with Crippen molar-refractivity contribution in [1.29, 1.82) is 0 Å². The SMILES string of the molecule is Cc1nc(NC(=O)C=CC(=O)[O-])sc1C. The molecule has 1 N–H and O–H groups in total. The van der Waals surface area contributed by atoms with Crippen LogP contribution < -0.4 is 10.4 Å². The van der Waals surface area contributed by atoms with Gasteiger partial charge in [-0.3, -0.25) is 10.1 Å². The molecule has 0 radical (unpaired) electrons. The molecule has 80 valence electrons. The normalized spacial score (nSPS) is 10.5. The predicted molar refractivity (Wildman–Crippen MR) is 54.4 cm³/mol. The second-order valence-electron chi connectivity index (χ2n) is 2.80. The molecule has 15 heavy (non-hydrogen) atoms. The Labute approximate surface area is 90.5 Å². The molecule has 1 rings (SSSR count). The Morgan fingerprint density at radius 3 is 2.53 bits per heavy atom. The number of rotatable bonds is 3. The third-order valence-corrected chi connectivity index (χ3v) is 2.62. The lowest BCUT2D eigenvalue weighted by Gasteiger charge is -1.95. The van der Waals surface area contributed by atoms with Crippen molar-refractivity contribution in [3.63, 3.8) is 0 Å². The fourth-order valence-electron chi connectivity index (χ4n) is 0.817. The molecule has 0 bridgehead atoms. The number of nitrogens with zero attached hydrogens (tertiary/aromatic N) is 1. The summed E-state index contributed by atoms with van der Waals surface area (Å²) in [6.45, 7) is 3.72. The summed E-state index contributed by atoms with van der Waals surface area (Å²) in [5.41, 5.74) is 0.846. The van der Waals surface area contributed by atoms with Crippen molar-refractivity contribution >= 4 is 28.3 Å². The third kappa shape index (κ3) is 3.51. The number of aryl methyl sites for hydroxylation is 2. The highest BCUT2D eigenvalue weighted by Crippen LogP contribution is 2.20. The molecule has 0 aliphatic rings. The van der Waals surface area contributed by atoms with Crippen LogP contribution in [0.15, 0.2) is 12.2 Å². The topological polar surface area (TPSA) is 82.1 Å². The molecule has 0 saturated carbocycles. The van der Waals surface area contributed by atoms with Gasteiger partial charge in [0.1, 0.15) is 0 Å². The molecule has 1 aromatic rings. The number of thiazole rings is 1. The van der Waals surface area contributed by atoms with E-state index < -0.39 is 11.9 Å². The number of amides is 1. The second kappa shape index (κ2) is 4.70. The van der Waals surface area contributed by atoms with Crippen LogP contribution in [-0.4, -0.2) is 16.9 Å². The second-order valence-corrected chi connectivity index (χ2v) is 4.01. The zero-order valence-electron chi connectivity index (χ0n) is 8.23. The molecule has 5 nitrogen and oxygen atoms in total. The first-order valence-corrected chi connectivity index (χ1v) is 4.95. The summed E-state index contributed by atoms with van der Waals surface area (Å²) in [7, 11) is 0. The van der Waals surface area contributed by atoms with Gasteiger partial charge in [-0.1, -0.05) is 0 Å². The van der Waals surface area contributed by atoms with Crippen LogP contribution in [0.4, 0.5) is 5.13 Å². The molecule has 0 aliphatic carbocycles. The van der Waals surface area contributed by atoms with Gasteiger partial charge in [0.05, 0.1) is 11.7 Å². The van der Waals surface area contributed by atoms with E-state index in [0.29, 0.717) is 11.2 Å². The number of hydrogen-bond donors (Lipinski definition) is 1. The molecule has 1 amide bonds. The minimum atomic E-state index is -1.41. The Morgan fingerprint density at radius 1 is 1.40 bits per heavy atom. The van der Waals surface area contributed by atoms with E-state index >= 15 is 0 Å². The fraction of sp³-hybridized carbons (Fsp3) is 0.222. The van der Waals surface area contributed by atoms with E-state index in [1.165, 1.54) is 11.3 Å². The number of aliphatic carboxylic acids is 1. The smallest absolute Gasteiger partial charge is 0.250 e. The molecule has 0 unspecified atom stereocenters. The van der Waals surface area contributed by atoms with Crippen LogP contribution in [0, 0.1) is 13.8 Å². The van der Waals surface area contributed by atoms with Gasteiger partial charge in [0, 0.05) is 11.0 Å². The van der Waals surface area contributed by atoms with Crippen molar-refractivity contribution in [3.05, 3.63) is 22.7 Å². The van der Waals surface area contributed by atoms with Gasteiger partial charge in [-0.2, -0.15) is 0 Å². The first kappa shape index (κ1) is 11.4. The summed E-state index contributed by atoms with van der Waals surface area (Å²) >= 11 is 1.34. The number of carbonyl (C=O) groups excluding carboxylic acids is 2. The van der Waals surface area contributed by atoms with Crippen LogP contribution in [0.25, 0.3) is 0 Å². The van der Waals surface area contributed by atoms with E-state index in [0.717, 1.165) is 16.6 Å². The molecule has 6 heteroatoms. The van der Waals surface area contributed by atoms with E-state index in [1.807, 2.05) is 13.8 Å². The first-order chi connectivity index (χ1) is 6.99. The number of carbonyl (C=O) groups is 2. The highest BCUT2D eigenvalue weighted by atomic mass is 32.1. The molecule has 0 fully saturated rings. The predicted octanol–water partition coefficient (Wildman–Crippen LogP) is 0.00454. The van der Waals surface area contributed by atoms with Gasteiger partial charge < -0.3 is 9.90 Å². The summed E-state index contributed by atoms with van der Waals surface area (Å²) in [5, 5.41) is 12.9. The van der Waals surface area contributed by atoms with Crippen molar-refractivity contribution in [2.24, 2.45) is 0 Å². The molecule has 0 aliphatic heterocycles. The number of carboxylic acids is 1. The van der Waals surface area contributed by atoms with E-state index in [4.69, 9.17) is 0 Å². The van der Waals surface area contributed by atoms with Gasteiger partial charge in [-0.05, 0) is 19.9 Å². The largest absolute Gasteiger partial charge is 0.545 e. The highest BCUT2D eigenvalue weighted by molar-refractivity contribution is 7.15. The fourth-order valence-corrected chi connectivity index (χ4v) is 1.63. The minimum Gasteiger partial charge on any atom is -0.545 e. The Balaban J connectivity index is 2.63. The van der Waals surface area contributed by atoms with Crippen molar-refractivity contribution in [2.45, 2.75) is 13.8 Å². The number of carboxylic acid groups (broad SMARTS) is 1. The van der Waals surface area contributed by atoms with Crippen LogP contribution in [0.5, 0.6) is 0 Å². The molecular formula is C9H9N2O3S-. The lowest BCUT2D eigenvalue weighted by molar-refractivity contribution is -0.297. The Kier molecular flexibility index (Phi) is 3.56. The average molecular weight is 225 g/mol. The van der Waals surface area contributed by atoms with E-state index in [-0.39, 0.29) is 0 Å². The molecule has 0 saturated heterocycles. The van der Waals surface area contributed by atoms with Gasteiger partial charge in [-0.15, -0.1) is 11.3 Å². The number of anilines is 1. The monoisotopic (exact) mass is 225 g/mol. The van der Waals surface area contributed by atoms with Crippen LogP contribution in [0.1, 0.15) is 10.6 Å². The lowest BCUT2D eigenvalue weighted by atomic mass is 10.4. The zero-order valence-corrected chi connectivity index (χ0v) is 9.05. The van der Waals surface area contributed by atoms with E-state index in [9.17, 15) is 14.7 Å². The van der Waals surface area contributed by atoms with Gasteiger partial charge in [-0.25, -0.2) is 4.98 Å². The maximum atomic E-state index is 11.1. The van der Waals surface area contributed by atoms with Crippen molar-refractivity contribution in [2.75, 3.05) is 5.32 Å². The number of hydrogen-bond acceptors (Lipinski definition) is 5. The maximum absolute atomic E-state index is 11.1. The summed E-state index contributed by atoms with van der Waals surface area (Å²) in [6, 6.07) is 0. The highest BCUT2D eigenvalue weighted by Gasteiger charge is 2.04. The van der Waals surface area contributed by atoms with Gasteiger partial charge in [0.25, 0.3) is 0 Å². The Hall–Kier alpha value is -1.69. The quantitative estimate of drug-likeness (QED) is 0.734. The van der Waals surface area contributed by atoms with Crippen molar-refractivity contribution in [1.82, 2.24) is 4.98 Å². The minimum absolute atomic E-state index is 0.456. The van der Waals surface area contributed by atoms with Gasteiger partial charge in [0.15, 0.2) is 5.13 Å². The third-order valence-electron chi connectivity index (χ3n) is 1.63. The van der Waals surface area contributed by atoms with E-state index in [2.05, 4.69) is 10.3 Å². The molecule has 0 atom stereocenters. The summed E-state index contributed by atoms with van der Waals surface area (Å²) in [5.74, 6) is -1.94. The standard InChI is InChI=1S/C9H10N2O3S/c1-5-6(2)15-9(10-5)11-7(12)3-4-8(13)14/h3-4H,1-2H3,(H,13,14)(H,10,11,12)/p-1. The maximum Gasteiger partial charge on any atom is 0.250 e. The van der Waals surface area contributed by atoms with Crippen LogP contribution in [0.2, 0.25) is 0 Å². The zero-order chi connectivity index (χ0) is 11.4. The molecule has 1 aromatic heterocycles. The molecular weight excluding hydrogens is 216 g/mol. The van der Waals surface area contributed by atoms with Crippen LogP contribution in [-0.2, 0) is 9.59 Å². The molecule has 0 aromatic carbocycles. The summed E-state index contributed by atoms with van der Waals surface area (Å²) in [4.78, 5) is 26.2. The van der Waals surface area contributed by atoms with Crippen molar-refractivity contribution in [3.8, 4) is 0 Å². The Bertz CT molecular complexity index is 403. The lowest BCUT2D eigenvalue weighted by Crippen LogP contribution is -2.20. The molecule has 1 heterocycles. The van der Waals surface area contributed by atoms with Gasteiger partial charge in [0.2, 0.25) is 5.91 Å². The number of aromatic nitrogens is 1. The van der Waals surface area contributed by atoms with Crippen LogP contribution >= 0.6 is 11.3 Å². The van der Waals surface area contributed by atoms with Gasteiger partial charge >= 0.3 is 0 Å². The number of nitrogens with one attached hydrogen (secondary N) is 1. The van der Waals surface area contributed by atoms with Crippen LogP contribution in [0.3, 0.4) is 0 Å². The summed E-state index contributed by atoms with van der Waals surface area (Å²) < 4.78 is 0. The van der Waals surface area contributed by atoms with E-state index in [1.54, 1.807) is 0 Å². The average Bonchev–Trinajstić information content (AvgIpc) is 2.42. The summed E-state index contributed by atoms with van der Waals surface area (Å²) in [6.07, 6.45) is 1.56. The first-order valence-electron chi connectivity index (χ1n) is 4.13. The molecule has 0 spiro atoms. The Morgan fingerprint density at radius 2 is 2.07 bits per heavy atom. The van der Waals surface area contributed by atoms with Crippen molar-refractivity contribution < 1.29 is 14.7 Å².